The van der Waals surface area contributed by atoms with E-state index in [2.05, 4.69) is 50.9 Å². The van der Waals surface area contributed by atoms with E-state index in [1.165, 1.54) is 15.3 Å². The van der Waals surface area contributed by atoms with Crippen molar-refractivity contribution in [3.63, 3.8) is 0 Å². The minimum absolute atomic E-state index is 0.366. The Bertz CT molecular complexity index is 961. The van der Waals surface area contributed by atoms with Crippen LogP contribution in [0.1, 0.15) is 31.1 Å². The number of hydrogen-bond acceptors (Lipinski definition) is 3. The molecule has 0 saturated heterocycles. The molecule has 0 amide bonds. The van der Waals surface area contributed by atoms with Crippen molar-refractivity contribution in [1.82, 2.24) is 0 Å². The fraction of sp³-hybridized carbons (Fsp3) is 0.286. The molecule has 0 aliphatic heterocycles. The number of halogens is 2. The number of fused-ring (bicyclic) bond motifs is 1. The van der Waals surface area contributed by atoms with Crippen molar-refractivity contribution >= 4 is 68.9 Å². The summed E-state index contributed by atoms with van der Waals surface area (Å²) in [7, 11) is 0. The average Bonchev–Trinajstić information content (AvgIpc) is 3.01. The van der Waals surface area contributed by atoms with Crippen molar-refractivity contribution in [3.8, 4) is 5.75 Å². The van der Waals surface area contributed by atoms with Crippen LogP contribution < -0.4 is 9.09 Å². The van der Waals surface area contributed by atoms with Gasteiger partial charge in [0.25, 0.3) is 0 Å². The summed E-state index contributed by atoms with van der Waals surface area (Å²) in [5.41, 5.74) is 2.30. The Morgan fingerprint density at radius 3 is 2.61 bits per heavy atom. The van der Waals surface area contributed by atoms with Gasteiger partial charge in [-0.25, -0.2) is 0 Å². The van der Waals surface area contributed by atoms with Gasteiger partial charge in [0.05, 0.1) is 0 Å². The molecule has 1 unspecified atom stereocenters. The maximum absolute atomic E-state index is 10.8. The van der Waals surface area contributed by atoms with Crippen molar-refractivity contribution in [2.75, 3.05) is 6.61 Å². The molecule has 7 heteroatoms. The topological polar surface area (TPSA) is 59.7 Å². The molecule has 28 heavy (non-hydrogen) atoms. The van der Waals surface area contributed by atoms with Crippen molar-refractivity contribution in [3.05, 3.63) is 56.7 Å². The summed E-state index contributed by atoms with van der Waals surface area (Å²) in [6.45, 7) is 1.83. The first-order valence-corrected chi connectivity index (χ1v) is 13.2. The summed E-state index contributed by atoms with van der Waals surface area (Å²) in [4.78, 5) is 10.8. The molecule has 0 bridgehead atoms. The first-order valence-electron chi connectivity index (χ1n) is 9.06. The summed E-state index contributed by atoms with van der Waals surface area (Å²) in [6.07, 6.45) is 3.24. The van der Waals surface area contributed by atoms with Gasteiger partial charge in [0.15, 0.2) is 0 Å². The molecule has 4 nitrogen and oxygen atoms in total. The van der Waals surface area contributed by atoms with Gasteiger partial charge in [-0.2, -0.15) is 0 Å². The van der Waals surface area contributed by atoms with Gasteiger partial charge in [-0.15, -0.1) is 0 Å². The van der Waals surface area contributed by atoms with Crippen LogP contribution in [0.3, 0.4) is 0 Å². The van der Waals surface area contributed by atoms with E-state index in [1.807, 2.05) is 24.3 Å². The Balaban J connectivity index is 1.81. The Hall–Kier alpha value is -1.23. The van der Waals surface area contributed by atoms with E-state index < -0.39 is 21.7 Å². The monoisotopic (exact) mass is 570 g/mol. The number of benzene rings is 2. The molecule has 0 aliphatic rings. The molecule has 1 aromatic heterocycles. The molecular weight excluding hydrogens is 551 g/mol. The van der Waals surface area contributed by atoms with Gasteiger partial charge in [0, 0.05) is 0 Å². The van der Waals surface area contributed by atoms with Gasteiger partial charge in [-0.05, 0) is 0 Å². The number of carbonyl (C=O) groups is 1. The second-order valence-electron chi connectivity index (χ2n) is 6.41. The zero-order chi connectivity index (χ0) is 20.1. The predicted molar refractivity (Wildman–Crippen MR) is 120 cm³/mol. The van der Waals surface area contributed by atoms with Crippen LogP contribution in [0.5, 0.6) is 5.75 Å². The molecule has 0 aliphatic carbocycles. The van der Waals surface area contributed by atoms with Crippen LogP contribution in [0, 0.1) is 0 Å². The third-order valence-electron chi connectivity index (χ3n) is 4.35. The molecule has 0 radical (unpaired) electrons. The number of ether oxygens (including phenoxy) is 1. The molecule has 2 aromatic carbocycles. The standard InChI is InChI=1S/C21H21AsBr2O4/c1-2-3-7-19-15(14-6-4-5-8-18(14)28-19)11-22-13-9-16(23)21(17(24)10-13)27-12-20(25)26/h4-6,8-10,22H,2-3,7,11-12H2,1H3,(H,25,26). The first-order chi connectivity index (χ1) is 13.5. The average molecular weight is 572 g/mol. The number of para-hydroxylation sites is 1. The predicted octanol–water partition coefficient (Wildman–Crippen LogP) is 5.03. The second kappa shape index (κ2) is 10.00. The Kier molecular flexibility index (Phi) is 7.67. The fourth-order valence-electron chi connectivity index (χ4n) is 3.01. The maximum atomic E-state index is 10.8. The van der Waals surface area contributed by atoms with Crippen LogP contribution in [0.4, 0.5) is 0 Å². The number of unbranched alkanes of at least 4 members (excludes halogenated alkanes) is 1. The number of carboxylic acid groups (broad SMARTS) is 1. The summed E-state index contributed by atoms with van der Waals surface area (Å²) in [5.74, 6) is 0.643. The second-order valence-corrected chi connectivity index (χ2v) is 10.8. The molecule has 0 saturated carbocycles. The molecule has 148 valence electrons. The Morgan fingerprint density at radius 1 is 1.21 bits per heavy atom. The van der Waals surface area contributed by atoms with Gasteiger partial charge < -0.3 is 0 Å². The molecule has 1 heterocycles. The molecule has 3 aromatic rings. The van der Waals surface area contributed by atoms with E-state index >= 15 is 0 Å². The van der Waals surface area contributed by atoms with Crippen LogP contribution in [-0.2, 0) is 16.4 Å². The van der Waals surface area contributed by atoms with Gasteiger partial charge in [0.2, 0.25) is 0 Å². The molecule has 1 N–H and O–H groups in total. The van der Waals surface area contributed by atoms with Crippen LogP contribution in [0.15, 0.2) is 49.8 Å². The summed E-state index contributed by atoms with van der Waals surface area (Å²) in [6, 6.07) is 12.3. The van der Waals surface area contributed by atoms with Crippen LogP contribution in [-0.4, -0.2) is 33.4 Å². The van der Waals surface area contributed by atoms with Crippen molar-refractivity contribution in [2.24, 2.45) is 0 Å². The van der Waals surface area contributed by atoms with E-state index in [0.29, 0.717) is 5.75 Å². The quantitative estimate of drug-likeness (QED) is 0.366. The van der Waals surface area contributed by atoms with Gasteiger partial charge in [-0.1, -0.05) is 0 Å². The van der Waals surface area contributed by atoms with E-state index in [-0.39, 0.29) is 6.61 Å². The number of hydrogen-bond donors (Lipinski definition) is 1. The summed E-state index contributed by atoms with van der Waals surface area (Å²) in [5, 5.41) is 11.0. The minimum atomic E-state index is -0.997. The van der Waals surface area contributed by atoms with Crippen LogP contribution >= 0.6 is 31.9 Å². The fourth-order valence-corrected chi connectivity index (χ4v) is 7.96. The van der Waals surface area contributed by atoms with E-state index in [4.69, 9.17) is 14.3 Å². The zero-order valence-corrected chi connectivity index (χ0v) is 20.7. The molecule has 0 spiro atoms. The molecule has 0 fully saturated rings. The van der Waals surface area contributed by atoms with E-state index in [9.17, 15) is 4.79 Å². The summed E-state index contributed by atoms with van der Waals surface area (Å²) < 4.78 is 14.3. The Morgan fingerprint density at radius 2 is 1.93 bits per heavy atom. The third kappa shape index (κ3) is 5.22. The van der Waals surface area contributed by atoms with Gasteiger partial charge in [0.1, 0.15) is 0 Å². The molecule has 1 atom stereocenters. The SMILES string of the molecule is CCCCc1oc2ccccc2c1C[AsH]c1cc(Br)c(OCC(=O)O)c(Br)c1. The van der Waals surface area contributed by atoms with Crippen molar-refractivity contribution in [2.45, 2.75) is 31.4 Å². The molecular formula is C21H21AsBr2O4. The van der Waals surface area contributed by atoms with Gasteiger partial charge >= 0.3 is 188 Å². The number of rotatable bonds is 9. The number of aryl methyl sites for hydroxylation is 1. The van der Waals surface area contributed by atoms with E-state index in [1.54, 1.807) is 0 Å². The van der Waals surface area contributed by atoms with Crippen LogP contribution in [0.25, 0.3) is 11.0 Å². The molecule has 3 rings (SSSR count). The first kappa shape index (κ1) is 21.5. The Labute approximate surface area is 187 Å². The number of carboxylic acids is 1. The third-order valence-corrected chi connectivity index (χ3v) is 8.10. The van der Waals surface area contributed by atoms with Crippen LogP contribution in [0.2, 0.25) is 0 Å². The van der Waals surface area contributed by atoms with Crippen molar-refractivity contribution < 1.29 is 19.1 Å². The normalized spacial score (nSPS) is 11.5. The summed E-state index contributed by atoms with van der Waals surface area (Å²) >= 11 is 6.57. The zero-order valence-electron chi connectivity index (χ0n) is 15.4. The number of furan rings is 1. The van der Waals surface area contributed by atoms with Gasteiger partial charge in [-0.3, -0.25) is 0 Å². The van der Waals surface area contributed by atoms with E-state index in [0.717, 1.165) is 44.8 Å². The van der Waals surface area contributed by atoms with Crippen molar-refractivity contribution in [1.29, 1.82) is 0 Å². The number of aliphatic carboxylic acids is 1.